The van der Waals surface area contributed by atoms with Gasteiger partial charge in [-0.3, -0.25) is 0 Å². The van der Waals surface area contributed by atoms with E-state index < -0.39 is 12.1 Å². The molecule has 0 aromatic heterocycles. The Hall–Kier alpha value is -0.570. The molecule has 2 unspecified atom stereocenters. The molecule has 0 aliphatic heterocycles. The fourth-order valence-corrected chi connectivity index (χ4v) is 5.28. The first-order valence-corrected chi connectivity index (χ1v) is 6.91. The quantitative estimate of drug-likeness (QED) is 0.793. The second-order valence-corrected chi connectivity index (χ2v) is 6.85. The van der Waals surface area contributed by atoms with Gasteiger partial charge in [0.2, 0.25) is 0 Å². The zero-order valence-corrected chi connectivity index (χ0v) is 10.4. The monoisotopic (exact) mass is 238 g/mol. The Morgan fingerprint density at radius 2 is 1.53 bits per heavy atom. The molecule has 0 amide bonds. The second-order valence-electron chi connectivity index (χ2n) is 6.85. The van der Waals surface area contributed by atoms with Crippen molar-refractivity contribution in [1.82, 2.24) is 0 Å². The van der Waals surface area contributed by atoms with E-state index >= 15 is 0 Å². The number of aliphatic hydroxyl groups is 1. The molecule has 3 nitrogen and oxygen atoms in total. The largest absolute Gasteiger partial charge is 0.479 e. The Balaban J connectivity index is 1.84. The van der Waals surface area contributed by atoms with E-state index in [-0.39, 0.29) is 11.3 Å². The van der Waals surface area contributed by atoms with Gasteiger partial charge in [-0.1, -0.05) is 6.92 Å². The van der Waals surface area contributed by atoms with Gasteiger partial charge in [0.1, 0.15) is 0 Å². The minimum absolute atomic E-state index is 0.0894. The zero-order chi connectivity index (χ0) is 12.2. The molecule has 3 heteroatoms. The number of aliphatic hydroxyl groups excluding tert-OH is 1. The summed E-state index contributed by atoms with van der Waals surface area (Å²) in [5.41, 5.74) is 0.132. The summed E-state index contributed by atoms with van der Waals surface area (Å²) in [6.45, 7) is 1.95. The molecular weight excluding hydrogens is 216 g/mol. The molecule has 0 aromatic rings. The number of hydrogen-bond donors (Lipinski definition) is 2. The molecule has 0 saturated heterocycles. The van der Waals surface area contributed by atoms with Gasteiger partial charge in [0.25, 0.3) is 0 Å². The maximum atomic E-state index is 11.0. The van der Waals surface area contributed by atoms with Crippen LogP contribution < -0.4 is 0 Å². The maximum absolute atomic E-state index is 11.0. The van der Waals surface area contributed by atoms with Gasteiger partial charge >= 0.3 is 5.97 Å². The van der Waals surface area contributed by atoms with Crippen LogP contribution >= 0.6 is 0 Å². The van der Waals surface area contributed by atoms with E-state index in [0.29, 0.717) is 0 Å². The molecular formula is C14H22O3. The van der Waals surface area contributed by atoms with Crippen molar-refractivity contribution >= 4 is 5.97 Å². The van der Waals surface area contributed by atoms with Crippen LogP contribution in [0.2, 0.25) is 0 Å². The molecule has 4 aliphatic carbocycles. The van der Waals surface area contributed by atoms with E-state index in [2.05, 4.69) is 0 Å². The topological polar surface area (TPSA) is 57.5 Å². The van der Waals surface area contributed by atoms with E-state index in [1.807, 2.05) is 6.92 Å². The molecule has 4 saturated carbocycles. The highest BCUT2D eigenvalue weighted by molar-refractivity contribution is 5.72. The van der Waals surface area contributed by atoms with Crippen molar-refractivity contribution in [1.29, 1.82) is 0 Å². The van der Waals surface area contributed by atoms with E-state index in [1.54, 1.807) is 0 Å². The first kappa shape index (κ1) is 11.5. The van der Waals surface area contributed by atoms with Crippen molar-refractivity contribution in [3.05, 3.63) is 0 Å². The number of rotatable bonds is 3. The smallest absolute Gasteiger partial charge is 0.332 e. The van der Waals surface area contributed by atoms with Gasteiger partial charge in [0.15, 0.2) is 6.10 Å². The highest BCUT2D eigenvalue weighted by Gasteiger charge is 2.54. The van der Waals surface area contributed by atoms with E-state index in [1.165, 1.54) is 19.3 Å². The van der Waals surface area contributed by atoms with Crippen LogP contribution in [-0.2, 0) is 4.79 Å². The minimum atomic E-state index is -1.17. The van der Waals surface area contributed by atoms with Gasteiger partial charge in [-0.05, 0) is 67.6 Å². The Bertz CT molecular complexity index is 301. The van der Waals surface area contributed by atoms with Crippen molar-refractivity contribution in [2.75, 3.05) is 0 Å². The van der Waals surface area contributed by atoms with Crippen molar-refractivity contribution in [2.24, 2.45) is 29.1 Å². The molecule has 96 valence electrons. The maximum Gasteiger partial charge on any atom is 0.332 e. The van der Waals surface area contributed by atoms with Gasteiger partial charge in [-0.15, -0.1) is 0 Å². The molecule has 4 aliphatic rings. The third-order valence-corrected chi connectivity index (χ3v) is 5.78. The highest BCUT2D eigenvalue weighted by Crippen LogP contribution is 2.63. The first-order chi connectivity index (χ1) is 8.00. The molecule has 2 N–H and O–H groups in total. The number of aliphatic carboxylic acids is 1. The second kappa shape index (κ2) is 3.71. The molecule has 0 radical (unpaired) electrons. The lowest BCUT2D eigenvalue weighted by molar-refractivity contribution is -0.161. The van der Waals surface area contributed by atoms with Crippen LogP contribution in [0.3, 0.4) is 0 Å². The Labute approximate surface area is 102 Å². The summed E-state index contributed by atoms with van der Waals surface area (Å²) < 4.78 is 0. The first-order valence-electron chi connectivity index (χ1n) is 6.91. The average Bonchev–Trinajstić information content (AvgIpc) is 2.25. The van der Waals surface area contributed by atoms with Gasteiger partial charge < -0.3 is 10.2 Å². The van der Waals surface area contributed by atoms with Gasteiger partial charge in [0, 0.05) is 0 Å². The molecule has 0 spiro atoms. The summed E-state index contributed by atoms with van der Waals surface area (Å²) in [6.07, 6.45) is 6.37. The van der Waals surface area contributed by atoms with E-state index in [0.717, 1.165) is 37.0 Å². The lowest BCUT2D eigenvalue weighted by atomic mass is 9.46. The fourth-order valence-electron chi connectivity index (χ4n) is 5.28. The summed E-state index contributed by atoms with van der Waals surface area (Å²) in [6, 6.07) is 0. The van der Waals surface area contributed by atoms with Crippen LogP contribution in [0.5, 0.6) is 0 Å². The molecule has 4 fully saturated rings. The van der Waals surface area contributed by atoms with Crippen LogP contribution in [-0.4, -0.2) is 22.3 Å². The summed E-state index contributed by atoms with van der Waals surface area (Å²) in [5.74, 6) is 1.29. The average molecular weight is 238 g/mol. The summed E-state index contributed by atoms with van der Waals surface area (Å²) in [5, 5.41) is 18.9. The molecule has 0 heterocycles. The van der Waals surface area contributed by atoms with Crippen LogP contribution in [0.25, 0.3) is 0 Å². The molecule has 2 atom stereocenters. The van der Waals surface area contributed by atoms with Crippen molar-refractivity contribution in [3.63, 3.8) is 0 Å². The highest BCUT2D eigenvalue weighted by atomic mass is 16.4. The fraction of sp³-hybridized carbons (Fsp3) is 0.929. The molecule has 0 aromatic carbocycles. The Kier molecular flexibility index (Phi) is 2.51. The third-order valence-electron chi connectivity index (χ3n) is 5.78. The van der Waals surface area contributed by atoms with Crippen molar-refractivity contribution < 1.29 is 15.0 Å². The summed E-state index contributed by atoms with van der Waals surface area (Å²) in [4.78, 5) is 11.0. The predicted octanol–water partition coefficient (Wildman–Crippen LogP) is 2.28. The molecule has 17 heavy (non-hydrogen) atoms. The zero-order valence-electron chi connectivity index (χ0n) is 10.4. The lowest BCUT2D eigenvalue weighted by Gasteiger charge is -2.59. The van der Waals surface area contributed by atoms with Gasteiger partial charge in [-0.2, -0.15) is 0 Å². The van der Waals surface area contributed by atoms with Crippen molar-refractivity contribution in [2.45, 2.75) is 51.6 Å². The normalized spacial score (nSPS) is 46.8. The number of carboxylic acid groups (broad SMARTS) is 1. The molecule has 4 rings (SSSR count). The lowest BCUT2D eigenvalue weighted by Crippen LogP contribution is -2.52. The Morgan fingerprint density at radius 3 is 1.88 bits per heavy atom. The van der Waals surface area contributed by atoms with Crippen LogP contribution in [0.1, 0.15) is 45.4 Å². The number of hydrogen-bond acceptors (Lipinski definition) is 2. The SMILES string of the molecule is CC(C(O)C(=O)O)C12CC3CC(CC(C3)C1)C2. The van der Waals surface area contributed by atoms with Gasteiger partial charge in [-0.25, -0.2) is 4.79 Å². The number of carbonyl (C=O) groups is 1. The molecule has 4 bridgehead atoms. The van der Waals surface area contributed by atoms with E-state index in [9.17, 15) is 9.90 Å². The summed E-state index contributed by atoms with van der Waals surface area (Å²) >= 11 is 0. The Morgan fingerprint density at radius 1 is 1.12 bits per heavy atom. The van der Waals surface area contributed by atoms with Crippen molar-refractivity contribution in [3.8, 4) is 0 Å². The van der Waals surface area contributed by atoms with Crippen LogP contribution in [0.15, 0.2) is 0 Å². The number of carboxylic acids is 1. The third kappa shape index (κ3) is 1.70. The van der Waals surface area contributed by atoms with Crippen LogP contribution in [0, 0.1) is 29.1 Å². The van der Waals surface area contributed by atoms with E-state index in [4.69, 9.17) is 5.11 Å². The predicted molar refractivity (Wildman–Crippen MR) is 63.4 cm³/mol. The van der Waals surface area contributed by atoms with Crippen LogP contribution in [0.4, 0.5) is 0 Å². The summed E-state index contributed by atoms with van der Waals surface area (Å²) in [7, 11) is 0. The standard InChI is InChI=1S/C14H22O3/c1-8(12(15)13(16)17)14-5-9-2-10(6-14)4-11(3-9)7-14/h8-12,15H,2-7H2,1H3,(H,16,17). The van der Waals surface area contributed by atoms with Gasteiger partial charge in [0.05, 0.1) is 0 Å². The minimum Gasteiger partial charge on any atom is -0.479 e.